The second-order valence-corrected chi connectivity index (χ2v) is 4.57. The van der Waals surface area contributed by atoms with Crippen LogP contribution in [0, 0.1) is 5.82 Å². The summed E-state index contributed by atoms with van der Waals surface area (Å²) >= 11 is 0. The fourth-order valence-corrected chi connectivity index (χ4v) is 1.95. The lowest BCUT2D eigenvalue weighted by Crippen LogP contribution is -2.11. The van der Waals surface area contributed by atoms with Gasteiger partial charge in [-0.05, 0) is 36.2 Å². The summed E-state index contributed by atoms with van der Waals surface area (Å²) in [5.41, 5.74) is 4.93. The molecule has 112 valence electrons. The molecule has 0 heterocycles. The topological polar surface area (TPSA) is 38.0 Å². The van der Waals surface area contributed by atoms with E-state index in [4.69, 9.17) is 5.73 Å². The van der Waals surface area contributed by atoms with Gasteiger partial charge in [0.15, 0.2) is 0 Å². The minimum absolute atomic E-state index is 0.299. The molecule has 2 aromatic rings. The normalized spacial score (nSPS) is 11.4. The van der Waals surface area contributed by atoms with Gasteiger partial charge in [-0.15, -0.1) is 0 Å². The van der Waals surface area contributed by atoms with Crippen LogP contribution in [0.25, 0.3) is 0 Å². The number of hydrogen-bond acceptors (Lipinski definition) is 2. The second kappa shape index (κ2) is 6.03. The Morgan fingerprint density at radius 2 is 1.76 bits per heavy atom. The standard InChI is InChI=1S/C15H14F4N2/c16-13-4-2-1-3-10(13)7-8-21-11-5-6-14(20)12(9-11)15(17,18)19/h1-6,9,21H,7-8,20H2. The molecule has 0 atom stereocenters. The Balaban J connectivity index is 2.03. The summed E-state index contributed by atoms with van der Waals surface area (Å²) in [5.74, 6) is -0.326. The minimum atomic E-state index is -4.49. The van der Waals surface area contributed by atoms with Crippen molar-refractivity contribution in [2.75, 3.05) is 17.6 Å². The summed E-state index contributed by atoms with van der Waals surface area (Å²) in [4.78, 5) is 0. The molecule has 0 aromatic heterocycles. The summed E-state index contributed by atoms with van der Waals surface area (Å²) in [6, 6.07) is 9.91. The van der Waals surface area contributed by atoms with Gasteiger partial charge >= 0.3 is 6.18 Å². The van der Waals surface area contributed by atoms with Gasteiger partial charge < -0.3 is 11.1 Å². The molecular weight excluding hydrogens is 284 g/mol. The summed E-state index contributed by atoms with van der Waals surface area (Å²) in [6.07, 6.45) is -4.12. The van der Waals surface area contributed by atoms with Gasteiger partial charge in [-0.25, -0.2) is 4.39 Å². The van der Waals surface area contributed by atoms with E-state index in [1.54, 1.807) is 18.2 Å². The van der Waals surface area contributed by atoms with Crippen LogP contribution in [-0.4, -0.2) is 6.54 Å². The van der Waals surface area contributed by atoms with Crippen LogP contribution in [0.5, 0.6) is 0 Å². The maximum Gasteiger partial charge on any atom is 0.418 e. The van der Waals surface area contributed by atoms with Gasteiger partial charge in [0.1, 0.15) is 5.82 Å². The number of rotatable bonds is 4. The predicted molar refractivity (Wildman–Crippen MR) is 74.5 cm³/mol. The zero-order chi connectivity index (χ0) is 15.5. The molecule has 0 aliphatic carbocycles. The van der Waals surface area contributed by atoms with Crippen molar-refractivity contribution in [3.63, 3.8) is 0 Å². The number of anilines is 2. The fraction of sp³-hybridized carbons (Fsp3) is 0.200. The number of nitrogens with two attached hydrogens (primary N) is 1. The number of nitrogens with one attached hydrogen (secondary N) is 1. The summed E-state index contributed by atoms with van der Waals surface area (Å²) < 4.78 is 51.5. The zero-order valence-corrected chi connectivity index (χ0v) is 11.0. The molecule has 0 spiro atoms. The van der Waals surface area contributed by atoms with Crippen LogP contribution in [-0.2, 0) is 12.6 Å². The lowest BCUT2D eigenvalue weighted by Gasteiger charge is -2.13. The molecule has 2 rings (SSSR count). The van der Waals surface area contributed by atoms with Gasteiger partial charge in [0, 0.05) is 17.9 Å². The van der Waals surface area contributed by atoms with Crippen molar-refractivity contribution in [3.8, 4) is 0 Å². The van der Waals surface area contributed by atoms with Crippen molar-refractivity contribution in [1.82, 2.24) is 0 Å². The van der Waals surface area contributed by atoms with Crippen LogP contribution in [0.2, 0.25) is 0 Å². The van der Waals surface area contributed by atoms with Crippen LogP contribution in [0.3, 0.4) is 0 Å². The first-order valence-corrected chi connectivity index (χ1v) is 6.32. The lowest BCUT2D eigenvalue weighted by molar-refractivity contribution is -0.136. The van der Waals surface area contributed by atoms with Crippen molar-refractivity contribution in [1.29, 1.82) is 0 Å². The Morgan fingerprint density at radius 1 is 1.05 bits per heavy atom. The maximum absolute atomic E-state index is 13.4. The molecule has 0 fully saturated rings. The Labute approximate surface area is 119 Å². The summed E-state index contributed by atoms with van der Waals surface area (Å²) in [5, 5.41) is 2.84. The molecule has 21 heavy (non-hydrogen) atoms. The van der Waals surface area contributed by atoms with E-state index in [-0.39, 0.29) is 11.5 Å². The smallest absolute Gasteiger partial charge is 0.398 e. The maximum atomic E-state index is 13.4. The van der Waals surface area contributed by atoms with Gasteiger partial charge in [0.2, 0.25) is 0 Å². The fourth-order valence-electron chi connectivity index (χ4n) is 1.95. The van der Waals surface area contributed by atoms with Crippen LogP contribution in [0.15, 0.2) is 42.5 Å². The van der Waals surface area contributed by atoms with Gasteiger partial charge in [-0.2, -0.15) is 13.2 Å². The predicted octanol–water partition coefficient (Wildman–Crippen LogP) is 4.08. The van der Waals surface area contributed by atoms with Gasteiger partial charge in [-0.3, -0.25) is 0 Å². The van der Waals surface area contributed by atoms with Crippen LogP contribution in [0.4, 0.5) is 28.9 Å². The Hall–Kier alpha value is -2.24. The molecule has 0 aliphatic rings. The highest BCUT2D eigenvalue weighted by Crippen LogP contribution is 2.35. The highest BCUT2D eigenvalue weighted by Gasteiger charge is 2.33. The second-order valence-electron chi connectivity index (χ2n) is 4.57. The third-order valence-corrected chi connectivity index (χ3v) is 3.04. The molecule has 3 N–H and O–H groups in total. The highest BCUT2D eigenvalue weighted by molar-refractivity contribution is 5.58. The number of benzene rings is 2. The first-order valence-electron chi connectivity index (χ1n) is 6.32. The first-order chi connectivity index (χ1) is 9.88. The van der Waals surface area contributed by atoms with Gasteiger partial charge in [0.25, 0.3) is 0 Å². The molecular formula is C15H14F4N2. The molecule has 0 saturated heterocycles. The van der Waals surface area contributed by atoms with E-state index in [1.165, 1.54) is 18.2 Å². The average molecular weight is 298 g/mol. The monoisotopic (exact) mass is 298 g/mol. The van der Waals surface area contributed by atoms with Crippen molar-refractivity contribution < 1.29 is 17.6 Å². The van der Waals surface area contributed by atoms with Crippen LogP contribution in [0.1, 0.15) is 11.1 Å². The summed E-state index contributed by atoms with van der Waals surface area (Å²) in [6.45, 7) is 0.322. The van der Waals surface area contributed by atoms with Crippen LogP contribution >= 0.6 is 0 Å². The third-order valence-electron chi connectivity index (χ3n) is 3.04. The largest absolute Gasteiger partial charge is 0.418 e. The van der Waals surface area contributed by atoms with Crippen LogP contribution < -0.4 is 11.1 Å². The van der Waals surface area contributed by atoms with Crippen molar-refractivity contribution >= 4 is 11.4 Å². The number of nitrogen functional groups attached to an aromatic ring is 1. The van der Waals surface area contributed by atoms with E-state index < -0.39 is 11.7 Å². The first kappa shape index (κ1) is 15.2. The van der Waals surface area contributed by atoms with E-state index >= 15 is 0 Å². The highest BCUT2D eigenvalue weighted by atomic mass is 19.4. The third kappa shape index (κ3) is 3.87. The molecule has 6 heteroatoms. The minimum Gasteiger partial charge on any atom is -0.398 e. The Kier molecular flexibility index (Phi) is 4.35. The lowest BCUT2D eigenvalue weighted by atomic mass is 10.1. The molecule has 0 bridgehead atoms. The van der Waals surface area contributed by atoms with E-state index in [0.717, 1.165) is 6.07 Å². The van der Waals surface area contributed by atoms with E-state index in [1.807, 2.05) is 0 Å². The molecule has 0 saturated carbocycles. The van der Waals surface area contributed by atoms with Crippen molar-refractivity contribution in [3.05, 3.63) is 59.4 Å². The van der Waals surface area contributed by atoms with Gasteiger partial charge in [-0.1, -0.05) is 18.2 Å². The van der Waals surface area contributed by atoms with E-state index in [2.05, 4.69) is 5.32 Å². The molecule has 0 radical (unpaired) electrons. The molecule has 0 unspecified atom stereocenters. The quantitative estimate of drug-likeness (QED) is 0.659. The van der Waals surface area contributed by atoms with Crippen molar-refractivity contribution in [2.24, 2.45) is 0 Å². The average Bonchev–Trinajstić information content (AvgIpc) is 2.41. The molecule has 0 aliphatic heterocycles. The SMILES string of the molecule is Nc1ccc(NCCc2ccccc2F)cc1C(F)(F)F. The number of hydrogen-bond donors (Lipinski definition) is 2. The Morgan fingerprint density at radius 3 is 2.43 bits per heavy atom. The number of halogens is 4. The van der Waals surface area contributed by atoms with E-state index in [9.17, 15) is 17.6 Å². The molecule has 2 nitrogen and oxygen atoms in total. The van der Waals surface area contributed by atoms with E-state index in [0.29, 0.717) is 24.2 Å². The molecule has 2 aromatic carbocycles. The zero-order valence-electron chi connectivity index (χ0n) is 11.0. The Bertz CT molecular complexity index is 623. The van der Waals surface area contributed by atoms with Crippen molar-refractivity contribution in [2.45, 2.75) is 12.6 Å². The number of alkyl halides is 3. The molecule has 0 amide bonds. The summed E-state index contributed by atoms with van der Waals surface area (Å²) in [7, 11) is 0. The van der Waals surface area contributed by atoms with Gasteiger partial charge in [0.05, 0.1) is 5.56 Å².